The zero-order valence-corrected chi connectivity index (χ0v) is 18.7. The average Bonchev–Trinajstić information content (AvgIpc) is 3.57. The minimum atomic E-state index is -0.769. The second kappa shape index (κ2) is 9.10. The van der Waals surface area contributed by atoms with Crippen LogP contribution in [0.5, 0.6) is 0 Å². The van der Waals surface area contributed by atoms with E-state index in [2.05, 4.69) is 20.2 Å². The monoisotopic (exact) mass is 457 g/mol. The minimum Gasteiger partial charge on any atom is -0.414 e. The number of nitrogens with zero attached hydrogens (tertiary/aromatic N) is 6. The Kier molecular flexibility index (Phi) is 5.84. The molecule has 2 atom stereocenters. The van der Waals surface area contributed by atoms with Crippen molar-refractivity contribution in [2.24, 2.45) is 4.99 Å². The topological polar surface area (TPSA) is 136 Å². The molecule has 4 aromatic rings. The lowest BCUT2D eigenvalue weighted by Gasteiger charge is -2.21. The van der Waals surface area contributed by atoms with E-state index in [1.165, 1.54) is 0 Å². The van der Waals surface area contributed by atoms with Crippen LogP contribution in [0.25, 0.3) is 34.3 Å². The van der Waals surface area contributed by atoms with Crippen LogP contribution in [0, 0.1) is 0 Å². The van der Waals surface area contributed by atoms with Gasteiger partial charge in [0.25, 0.3) is 5.89 Å². The maximum Gasteiger partial charge on any atom is 0.270 e. The standard InChI is InChI=1S/C24H23N7O3/c1-31(2)24(32)15-8-9-16(17(10-15)19-12-26-13-33-19)18-11-27-21(25)20(28-18)23-30-29-22(34-23)14-6-4-3-5-7-14/h3-12,19,24,32H,13H2,1-2H3,(H2,25,27). The summed E-state index contributed by atoms with van der Waals surface area (Å²) in [7, 11) is 3.61. The van der Waals surface area contributed by atoms with Gasteiger partial charge in [-0.3, -0.25) is 9.89 Å². The first-order valence-electron chi connectivity index (χ1n) is 10.6. The second-order valence-corrected chi connectivity index (χ2v) is 8.00. The molecule has 0 saturated heterocycles. The van der Waals surface area contributed by atoms with Gasteiger partial charge in [0, 0.05) is 17.3 Å². The van der Waals surface area contributed by atoms with Crippen molar-refractivity contribution in [1.82, 2.24) is 25.1 Å². The molecule has 172 valence electrons. The number of hydrogen-bond acceptors (Lipinski definition) is 10. The van der Waals surface area contributed by atoms with Crippen LogP contribution in [0.2, 0.25) is 0 Å². The molecule has 5 rings (SSSR count). The van der Waals surface area contributed by atoms with Crippen molar-refractivity contribution in [3.8, 4) is 34.3 Å². The lowest BCUT2D eigenvalue weighted by molar-refractivity contribution is 0.0393. The Hall–Kier alpha value is -3.99. The van der Waals surface area contributed by atoms with Gasteiger partial charge in [-0.15, -0.1) is 10.2 Å². The van der Waals surface area contributed by atoms with E-state index in [0.29, 0.717) is 11.6 Å². The molecular formula is C24H23N7O3. The van der Waals surface area contributed by atoms with Crippen molar-refractivity contribution in [3.63, 3.8) is 0 Å². The molecule has 0 spiro atoms. The van der Waals surface area contributed by atoms with Crippen molar-refractivity contribution < 1.29 is 14.3 Å². The van der Waals surface area contributed by atoms with Crippen molar-refractivity contribution in [1.29, 1.82) is 0 Å². The molecule has 2 aromatic carbocycles. The van der Waals surface area contributed by atoms with Gasteiger partial charge in [-0.1, -0.05) is 30.3 Å². The number of nitrogens with two attached hydrogens (primary N) is 1. The van der Waals surface area contributed by atoms with E-state index in [0.717, 1.165) is 22.3 Å². The predicted molar refractivity (Wildman–Crippen MR) is 126 cm³/mol. The lowest BCUT2D eigenvalue weighted by atomic mass is 9.97. The number of aliphatic hydroxyl groups excluding tert-OH is 1. The SMILES string of the molecule is CN(C)C(O)c1ccc(-c2cnc(N)c(-c3nnc(-c4ccccc4)o3)n2)c(C2C=NCO2)c1. The van der Waals surface area contributed by atoms with Crippen LogP contribution in [0.15, 0.2) is 64.1 Å². The van der Waals surface area contributed by atoms with Crippen molar-refractivity contribution >= 4 is 12.0 Å². The molecule has 0 bridgehead atoms. The lowest BCUT2D eigenvalue weighted by Crippen LogP contribution is -2.19. The third-order valence-electron chi connectivity index (χ3n) is 5.46. The molecule has 10 nitrogen and oxygen atoms in total. The van der Waals surface area contributed by atoms with E-state index in [4.69, 9.17) is 19.9 Å². The summed E-state index contributed by atoms with van der Waals surface area (Å²) in [6, 6.07) is 15.0. The van der Waals surface area contributed by atoms with Gasteiger partial charge in [0.2, 0.25) is 5.89 Å². The first-order chi connectivity index (χ1) is 16.5. The van der Waals surface area contributed by atoms with Crippen LogP contribution in [0.3, 0.4) is 0 Å². The van der Waals surface area contributed by atoms with E-state index in [1.54, 1.807) is 31.4 Å². The summed E-state index contributed by atoms with van der Waals surface area (Å²) in [6.45, 7) is 0.271. The van der Waals surface area contributed by atoms with Gasteiger partial charge in [0.1, 0.15) is 19.1 Å². The maximum atomic E-state index is 10.5. The van der Waals surface area contributed by atoms with Crippen molar-refractivity contribution in [2.45, 2.75) is 12.3 Å². The number of hydrogen-bond donors (Lipinski definition) is 2. The number of nitrogen functional groups attached to an aromatic ring is 1. The zero-order chi connectivity index (χ0) is 23.7. The number of benzene rings is 2. The average molecular weight is 457 g/mol. The van der Waals surface area contributed by atoms with Gasteiger partial charge in [0.15, 0.2) is 11.5 Å². The Morgan fingerprint density at radius 3 is 2.62 bits per heavy atom. The largest absolute Gasteiger partial charge is 0.414 e. The van der Waals surface area contributed by atoms with Gasteiger partial charge in [-0.2, -0.15) is 0 Å². The fraction of sp³-hybridized carbons (Fsp3) is 0.208. The molecule has 0 aliphatic carbocycles. The summed E-state index contributed by atoms with van der Waals surface area (Å²) >= 11 is 0. The van der Waals surface area contributed by atoms with Crippen LogP contribution >= 0.6 is 0 Å². The molecule has 0 saturated carbocycles. The molecule has 0 fully saturated rings. The highest BCUT2D eigenvalue weighted by atomic mass is 16.5. The summed E-state index contributed by atoms with van der Waals surface area (Å²) < 4.78 is 11.6. The van der Waals surface area contributed by atoms with E-state index in [-0.39, 0.29) is 30.2 Å². The molecule has 10 heteroatoms. The normalized spacial score (nSPS) is 16.3. The minimum absolute atomic E-state index is 0.172. The fourth-order valence-electron chi connectivity index (χ4n) is 3.69. The van der Waals surface area contributed by atoms with Crippen LogP contribution in [-0.2, 0) is 4.74 Å². The van der Waals surface area contributed by atoms with Gasteiger partial charge in [0.05, 0.1) is 11.9 Å². The highest BCUT2D eigenvalue weighted by molar-refractivity contribution is 5.76. The van der Waals surface area contributed by atoms with E-state index in [1.807, 2.05) is 48.5 Å². The molecule has 2 aromatic heterocycles. The first kappa shape index (κ1) is 21.8. The molecule has 3 N–H and O–H groups in total. The Balaban J connectivity index is 1.57. The van der Waals surface area contributed by atoms with Crippen LogP contribution in [-0.4, -0.2) is 57.2 Å². The second-order valence-electron chi connectivity index (χ2n) is 8.00. The first-order valence-corrected chi connectivity index (χ1v) is 10.6. The van der Waals surface area contributed by atoms with Crippen LogP contribution in [0.4, 0.5) is 5.82 Å². The molecule has 0 radical (unpaired) electrons. The number of aliphatic hydroxyl groups is 1. The fourth-order valence-corrected chi connectivity index (χ4v) is 3.69. The summed E-state index contributed by atoms with van der Waals surface area (Å²) in [4.78, 5) is 14.9. The number of aliphatic imine (C=N–C) groups is 1. The van der Waals surface area contributed by atoms with Gasteiger partial charge in [-0.05, 0) is 43.4 Å². The third kappa shape index (κ3) is 4.17. The number of rotatable bonds is 6. The highest BCUT2D eigenvalue weighted by Gasteiger charge is 2.23. The van der Waals surface area contributed by atoms with Gasteiger partial charge >= 0.3 is 0 Å². The van der Waals surface area contributed by atoms with Crippen LogP contribution < -0.4 is 5.73 Å². The smallest absolute Gasteiger partial charge is 0.270 e. The predicted octanol–water partition coefficient (Wildman–Crippen LogP) is 3.09. The molecule has 1 aliphatic rings. The van der Waals surface area contributed by atoms with Crippen molar-refractivity contribution in [3.05, 3.63) is 65.9 Å². The summed E-state index contributed by atoms with van der Waals surface area (Å²) in [5.74, 6) is 0.706. The highest BCUT2D eigenvalue weighted by Crippen LogP contribution is 2.34. The molecular weight excluding hydrogens is 434 g/mol. The number of ether oxygens (including phenoxy) is 1. The molecule has 1 aliphatic heterocycles. The van der Waals surface area contributed by atoms with E-state index in [9.17, 15) is 5.11 Å². The Bertz CT molecular complexity index is 1340. The summed E-state index contributed by atoms with van der Waals surface area (Å²) in [6.07, 6.45) is 2.18. The summed E-state index contributed by atoms with van der Waals surface area (Å²) in [5.41, 5.74) is 10.0. The number of aromatic nitrogens is 4. The molecule has 0 amide bonds. The maximum absolute atomic E-state index is 10.5. The molecule has 3 heterocycles. The Labute approximate surface area is 195 Å². The molecule has 34 heavy (non-hydrogen) atoms. The summed E-state index contributed by atoms with van der Waals surface area (Å²) in [5, 5.41) is 18.8. The Morgan fingerprint density at radius 1 is 1.09 bits per heavy atom. The zero-order valence-electron chi connectivity index (χ0n) is 18.7. The van der Waals surface area contributed by atoms with E-state index >= 15 is 0 Å². The van der Waals surface area contributed by atoms with Gasteiger partial charge in [-0.25, -0.2) is 9.97 Å². The van der Waals surface area contributed by atoms with E-state index < -0.39 is 6.23 Å². The van der Waals surface area contributed by atoms with Crippen molar-refractivity contribution in [2.75, 3.05) is 26.6 Å². The quantitative estimate of drug-likeness (QED) is 0.419. The number of anilines is 1. The third-order valence-corrected chi connectivity index (χ3v) is 5.46. The van der Waals surface area contributed by atoms with Gasteiger partial charge < -0.3 is 20.0 Å². The molecule has 2 unspecified atom stereocenters. The van der Waals surface area contributed by atoms with Crippen LogP contribution in [0.1, 0.15) is 23.5 Å². The Morgan fingerprint density at radius 2 is 1.88 bits per heavy atom.